The van der Waals surface area contributed by atoms with Crippen LogP contribution in [0.3, 0.4) is 0 Å². The predicted octanol–water partition coefficient (Wildman–Crippen LogP) is 2.96. The molecule has 0 saturated carbocycles. The fourth-order valence-electron chi connectivity index (χ4n) is 1.80. The van der Waals surface area contributed by atoms with Crippen molar-refractivity contribution in [1.82, 2.24) is 4.98 Å². The number of aliphatic hydroxyl groups is 1. The van der Waals surface area contributed by atoms with Gasteiger partial charge in [0, 0.05) is 11.8 Å². The van der Waals surface area contributed by atoms with Crippen molar-refractivity contribution in [3.8, 4) is 0 Å². The van der Waals surface area contributed by atoms with Crippen molar-refractivity contribution >= 4 is 17.4 Å². The van der Waals surface area contributed by atoms with Crippen molar-refractivity contribution in [3.63, 3.8) is 0 Å². The van der Waals surface area contributed by atoms with E-state index in [-0.39, 0.29) is 0 Å². The standard InChI is InChI=1S/C14H15ClN2O/c1-2-9-3-5-10(6-4-9)13(18)12-7-11(15)8-17-14(12)16/h3-8,13,18H,2H2,1H3,(H2,16,17). The highest BCUT2D eigenvalue weighted by Gasteiger charge is 2.14. The summed E-state index contributed by atoms with van der Waals surface area (Å²) in [5, 5.41) is 10.7. The molecule has 4 heteroatoms. The Bertz CT molecular complexity index is 540. The third kappa shape index (κ3) is 2.63. The molecule has 0 amide bonds. The summed E-state index contributed by atoms with van der Waals surface area (Å²) in [5.74, 6) is 0.298. The summed E-state index contributed by atoms with van der Waals surface area (Å²) >= 11 is 5.87. The van der Waals surface area contributed by atoms with Crippen LogP contribution in [-0.2, 0) is 6.42 Å². The average molecular weight is 263 g/mol. The molecule has 0 spiro atoms. The number of benzene rings is 1. The maximum Gasteiger partial charge on any atom is 0.129 e. The van der Waals surface area contributed by atoms with Crippen LogP contribution in [-0.4, -0.2) is 10.1 Å². The maximum absolute atomic E-state index is 10.3. The van der Waals surface area contributed by atoms with Crippen molar-refractivity contribution in [2.75, 3.05) is 5.73 Å². The Morgan fingerprint density at radius 1 is 1.33 bits per heavy atom. The van der Waals surface area contributed by atoms with Gasteiger partial charge in [0.1, 0.15) is 11.9 Å². The minimum atomic E-state index is -0.804. The molecule has 1 aromatic carbocycles. The molecule has 1 atom stereocenters. The van der Waals surface area contributed by atoms with Crippen LogP contribution < -0.4 is 5.73 Å². The van der Waals surface area contributed by atoms with Crippen LogP contribution in [0.25, 0.3) is 0 Å². The summed E-state index contributed by atoms with van der Waals surface area (Å²) in [4.78, 5) is 3.94. The third-order valence-corrected chi connectivity index (χ3v) is 3.12. The molecule has 0 aliphatic rings. The molecule has 3 nitrogen and oxygen atoms in total. The Morgan fingerprint density at radius 3 is 2.61 bits per heavy atom. The van der Waals surface area contributed by atoms with Gasteiger partial charge in [-0.15, -0.1) is 0 Å². The van der Waals surface area contributed by atoms with E-state index in [0.29, 0.717) is 16.4 Å². The van der Waals surface area contributed by atoms with Crippen molar-refractivity contribution in [3.05, 3.63) is 58.2 Å². The lowest BCUT2D eigenvalue weighted by atomic mass is 10.0. The number of pyridine rings is 1. The van der Waals surface area contributed by atoms with E-state index >= 15 is 0 Å². The van der Waals surface area contributed by atoms with Crippen LogP contribution in [0.15, 0.2) is 36.5 Å². The average Bonchev–Trinajstić information content (AvgIpc) is 2.41. The zero-order valence-corrected chi connectivity index (χ0v) is 10.9. The summed E-state index contributed by atoms with van der Waals surface area (Å²) in [5.41, 5.74) is 8.29. The van der Waals surface area contributed by atoms with Crippen molar-refractivity contribution in [1.29, 1.82) is 0 Å². The molecule has 0 bridgehead atoms. The van der Waals surface area contributed by atoms with Crippen LogP contribution >= 0.6 is 11.6 Å². The molecule has 1 unspecified atom stereocenters. The van der Waals surface area contributed by atoms with Crippen LogP contribution in [0, 0.1) is 0 Å². The number of halogens is 1. The molecule has 94 valence electrons. The fraction of sp³-hybridized carbons (Fsp3) is 0.214. The van der Waals surface area contributed by atoms with Gasteiger partial charge in [-0.05, 0) is 23.6 Å². The first-order valence-electron chi connectivity index (χ1n) is 5.79. The number of nitrogens with zero attached hydrogens (tertiary/aromatic N) is 1. The molecule has 1 aromatic heterocycles. The zero-order valence-electron chi connectivity index (χ0n) is 10.1. The highest BCUT2D eigenvalue weighted by molar-refractivity contribution is 6.30. The van der Waals surface area contributed by atoms with E-state index in [1.807, 2.05) is 24.3 Å². The molecule has 0 fully saturated rings. The number of aryl methyl sites for hydroxylation is 1. The van der Waals surface area contributed by atoms with E-state index in [9.17, 15) is 5.11 Å². The SMILES string of the molecule is CCc1ccc(C(O)c2cc(Cl)cnc2N)cc1. The first kappa shape index (κ1) is 12.9. The molecular formula is C14H15ClN2O. The molecule has 0 radical (unpaired) electrons. The number of rotatable bonds is 3. The summed E-state index contributed by atoms with van der Waals surface area (Å²) in [7, 11) is 0. The maximum atomic E-state index is 10.3. The summed E-state index contributed by atoms with van der Waals surface area (Å²) in [6.07, 6.45) is 1.63. The van der Waals surface area contributed by atoms with Gasteiger partial charge >= 0.3 is 0 Å². The number of hydrogen-bond donors (Lipinski definition) is 2. The van der Waals surface area contributed by atoms with E-state index < -0.39 is 6.10 Å². The largest absolute Gasteiger partial charge is 0.384 e. The predicted molar refractivity (Wildman–Crippen MR) is 73.5 cm³/mol. The number of nitrogen functional groups attached to an aromatic ring is 1. The van der Waals surface area contributed by atoms with E-state index in [0.717, 1.165) is 12.0 Å². The molecule has 1 heterocycles. The van der Waals surface area contributed by atoms with Crippen LogP contribution in [0.4, 0.5) is 5.82 Å². The lowest BCUT2D eigenvalue weighted by Gasteiger charge is -2.14. The Hall–Kier alpha value is -1.58. The summed E-state index contributed by atoms with van der Waals surface area (Å²) in [6.45, 7) is 2.09. The lowest BCUT2D eigenvalue weighted by Crippen LogP contribution is -2.05. The van der Waals surface area contributed by atoms with Gasteiger partial charge in [-0.25, -0.2) is 4.98 Å². The molecule has 0 aliphatic carbocycles. The molecule has 18 heavy (non-hydrogen) atoms. The number of hydrogen-bond acceptors (Lipinski definition) is 3. The van der Waals surface area contributed by atoms with Crippen molar-refractivity contribution in [2.24, 2.45) is 0 Å². The van der Waals surface area contributed by atoms with Crippen LogP contribution in [0.1, 0.15) is 29.7 Å². The van der Waals surface area contributed by atoms with Gasteiger partial charge in [0.15, 0.2) is 0 Å². The monoisotopic (exact) mass is 262 g/mol. The van der Waals surface area contributed by atoms with Crippen LogP contribution in [0.2, 0.25) is 5.02 Å². The van der Waals surface area contributed by atoms with E-state index in [1.54, 1.807) is 6.07 Å². The molecule has 0 aliphatic heterocycles. The van der Waals surface area contributed by atoms with Gasteiger partial charge in [-0.1, -0.05) is 42.8 Å². The fourth-order valence-corrected chi connectivity index (χ4v) is 1.97. The van der Waals surface area contributed by atoms with Gasteiger partial charge in [0.25, 0.3) is 0 Å². The number of nitrogens with two attached hydrogens (primary N) is 1. The smallest absolute Gasteiger partial charge is 0.129 e. The summed E-state index contributed by atoms with van der Waals surface area (Å²) in [6, 6.07) is 9.41. The van der Waals surface area contributed by atoms with Crippen molar-refractivity contribution in [2.45, 2.75) is 19.4 Å². The Balaban J connectivity index is 2.34. The highest BCUT2D eigenvalue weighted by Crippen LogP contribution is 2.27. The first-order valence-corrected chi connectivity index (χ1v) is 6.17. The van der Waals surface area contributed by atoms with Gasteiger partial charge in [-0.3, -0.25) is 0 Å². The quantitative estimate of drug-likeness (QED) is 0.894. The van der Waals surface area contributed by atoms with Gasteiger partial charge in [0.05, 0.1) is 5.02 Å². The van der Waals surface area contributed by atoms with Gasteiger partial charge in [-0.2, -0.15) is 0 Å². The minimum Gasteiger partial charge on any atom is -0.384 e. The number of anilines is 1. The second kappa shape index (κ2) is 5.38. The molecule has 0 saturated heterocycles. The van der Waals surface area contributed by atoms with E-state index in [1.165, 1.54) is 11.8 Å². The third-order valence-electron chi connectivity index (χ3n) is 2.91. The molecule has 2 aromatic rings. The number of aliphatic hydroxyl groups excluding tert-OH is 1. The number of aromatic nitrogens is 1. The topological polar surface area (TPSA) is 59.1 Å². The summed E-state index contributed by atoms with van der Waals surface area (Å²) < 4.78 is 0. The normalized spacial score (nSPS) is 12.4. The molecule has 2 rings (SSSR count). The lowest BCUT2D eigenvalue weighted by molar-refractivity contribution is 0.220. The minimum absolute atomic E-state index is 0.298. The molecular weight excluding hydrogens is 248 g/mol. The Morgan fingerprint density at radius 2 is 2.00 bits per heavy atom. The molecule has 3 N–H and O–H groups in total. The van der Waals surface area contributed by atoms with Gasteiger partial charge in [0.2, 0.25) is 0 Å². The first-order chi connectivity index (χ1) is 8.61. The van der Waals surface area contributed by atoms with Crippen LogP contribution in [0.5, 0.6) is 0 Å². The second-order valence-corrected chi connectivity index (χ2v) is 4.56. The second-order valence-electron chi connectivity index (χ2n) is 4.13. The van der Waals surface area contributed by atoms with Gasteiger partial charge < -0.3 is 10.8 Å². The Labute approximate surface area is 111 Å². The van der Waals surface area contributed by atoms with E-state index in [4.69, 9.17) is 17.3 Å². The highest BCUT2D eigenvalue weighted by atomic mass is 35.5. The van der Waals surface area contributed by atoms with Crippen molar-refractivity contribution < 1.29 is 5.11 Å². The van der Waals surface area contributed by atoms with E-state index in [2.05, 4.69) is 11.9 Å². The zero-order chi connectivity index (χ0) is 13.1. The Kier molecular flexibility index (Phi) is 3.84.